The van der Waals surface area contributed by atoms with Crippen molar-refractivity contribution in [3.8, 4) is 11.5 Å². The summed E-state index contributed by atoms with van der Waals surface area (Å²) < 4.78 is 1.10. The van der Waals surface area contributed by atoms with Crippen molar-refractivity contribution in [2.24, 2.45) is 11.8 Å². The fraction of sp³-hybridized carbons (Fsp3) is 0.462. The minimum atomic E-state index is -0.307. The van der Waals surface area contributed by atoms with Crippen LogP contribution in [-0.2, 0) is 0 Å². The number of aromatic nitrogens is 4. The van der Waals surface area contributed by atoms with Crippen molar-refractivity contribution in [2.75, 3.05) is 11.5 Å². The van der Waals surface area contributed by atoms with Gasteiger partial charge in [0.25, 0.3) is 0 Å². The summed E-state index contributed by atoms with van der Waals surface area (Å²) in [5.74, 6) is -0.876. The molecule has 0 amide bonds. The molecule has 0 aromatic carbocycles. The predicted molar refractivity (Wildman–Crippen MR) is 77.9 cm³/mol. The van der Waals surface area contributed by atoms with Crippen LogP contribution in [0.3, 0.4) is 0 Å². The molecule has 8 nitrogen and oxygen atoms in total. The average Bonchev–Trinajstić information content (AvgIpc) is 2.81. The monoisotopic (exact) mass is 290 g/mol. The minimum absolute atomic E-state index is 0.0355. The lowest BCUT2D eigenvalue weighted by molar-refractivity contribution is 0.0858. The van der Waals surface area contributed by atoms with Gasteiger partial charge in [-0.25, -0.2) is 14.5 Å². The summed E-state index contributed by atoms with van der Waals surface area (Å²) in [5.41, 5.74) is 11.9. The van der Waals surface area contributed by atoms with E-state index in [1.807, 2.05) is 0 Å². The molecule has 0 aromatic heterocycles. The Kier molecular flexibility index (Phi) is 3.63. The van der Waals surface area contributed by atoms with Gasteiger partial charge in [0.1, 0.15) is 5.82 Å². The minimum Gasteiger partial charge on any atom is -0.383 e. The molecule has 2 aliphatic heterocycles. The number of ketones is 1. The van der Waals surface area contributed by atoms with Gasteiger partial charge < -0.3 is 11.5 Å². The van der Waals surface area contributed by atoms with Crippen molar-refractivity contribution in [3.63, 3.8) is 0 Å². The summed E-state index contributed by atoms with van der Waals surface area (Å²) >= 11 is 0. The van der Waals surface area contributed by atoms with Crippen LogP contribution in [0.1, 0.15) is 43.1 Å². The van der Waals surface area contributed by atoms with Crippen LogP contribution in [0.4, 0.5) is 11.8 Å². The van der Waals surface area contributed by atoms with Gasteiger partial charge in [0.05, 0.1) is 0 Å². The van der Waals surface area contributed by atoms with Gasteiger partial charge in [-0.3, -0.25) is 9.59 Å². The Bertz CT molecular complexity index is 688. The molecule has 0 bridgehead atoms. The molecular weight excluding hydrogens is 272 g/mol. The van der Waals surface area contributed by atoms with Crippen LogP contribution in [0, 0.1) is 11.8 Å². The number of carbonyl (C=O) groups excluding carboxylic acids is 2. The number of rotatable bonds is 3. The molecule has 0 aliphatic carbocycles. The third kappa shape index (κ3) is 2.44. The van der Waals surface area contributed by atoms with E-state index in [0.29, 0.717) is 0 Å². The Morgan fingerprint density at radius 3 is 2.14 bits per heavy atom. The van der Waals surface area contributed by atoms with Crippen LogP contribution in [0.15, 0.2) is 0 Å². The Morgan fingerprint density at radius 1 is 1.00 bits per heavy atom. The van der Waals surface area contributed by atoms with Gasteiger partial charge in [0.2, 0.25) is 17.6 Å². The topological polar surface area (TPSA) is 130 Å². The first-order chi connectivity index (χ1) is 9.73. The molecule has 0 unspecified atom stereocenters. The number of anilines is 2. The molecule has 21 heavy (non-hydrogen) atoms. The van der Waals surface area contributed by atoms with Gasteiger partial charge in [-0.05, 0) is 0 Å². The highest BCUT2D eigenvalue weighted by molar-refractivity contribution is 5.96. The highest BCUT2D eigenvalue weighted by Crippen LogP contribution is 2.27. The van der Waals surface area contributed by atoms with E-state index in [0.717, 1.165) is 4.57 Å². The molecule has 0 radical (unpaired) electrons. The van der Waals surface area contributed by atoms with E-state index < -0.39 is 0 Å². The first kappa shape index (κ1) is 14.9. The second-order valence-corrected chi connectivity index (χ2v) is 5.42. The normalized spacial score (nSPS) is 11.5. The van der Waals surface area contributed by atoms with E-state index in [4.69, 9.17) is 11.5 Å². The van der Waals surface area contributed by atoms with Crippen molar-refractivity contribution < 1.29 is 9.59 Å². The van der Waals surface area contributed by atoms with Gasteiger partial charge >= 0.3 is 0 Å². The second-order valence-electron chi connectivity index (χ2n) is 5.42. The lowest BCUT2D eigenvalue weighted by Crippen LogP contribution is -2.25. The van der Waals surface area contributed by atoms with Crippen molar-refractivity contribution in [3.05, 3.63) is 5.82 Å². The number of nitrogens with two attached hydrogens (primary N) is 2. The summed E-state index contributed by atoms with van der Waals surface area (Å²) in [6.45, 7) is 6.94. The third-order valence-electron chi connectivity index (χ3n) is 3.03. The van der Waals surface area contributed by atoms with Gasteiger partial charge in [-0.15, -0.1) is 0 Å². The Morgan fingerprint density at radius 2 is 1.62 bits per heavy atom. The Labute approximate surface area is 121 Å². The lowest BCUT2D eigenvalue weighted by atomic mass is 10.1. The number of nitrogens with zero attached hydrogens (tertiary/aromatic N) is 4. The molecular formula is C13H18N6O2. The van der Waals surface area contributed by atoms with Crippen LogP contribution in [0.5, 0.6) is 0 Å². The van der Waals surface area contributed by atoms with Gasteiger partial charge in [-0.1, -0.05) is 27.7 Å². The number of carbonyl (C=O) groups is 2. The molecule has 8 heteroatoms. The Balaban J connectivity index is 2.65. The molecule has 4 N–H and O–H groups in total. The number of hydrogen-bond donors (Lipinski definition) is 2. The quantitative estimate of drug-likeness (QED) is 0.808. The molecule has 0 atom stereocenters. The van der Waals surface area contributed by atoms with Crippen molar-refractivity contribution >= 4 is 23.5 Å². The SMILES string of the molecule is CC(C)C(=O)c1nc2nc(N)n(C(=O)C(C)C)c(N)c-2n1. The zero-order chi connectivity index (χ0) is 15.9. The second kappa shape index (κ2) is 5.12. The zero-order valence-corrected chi connectivity index (χ0v) is 12.4. The van der Waals surface area contributed by atoms with Crippen LogP contribution in [-0.4, -0.2) is 31.2 Å². The smallest absolute Gasteiger partial charge is 0.237 e. The lowest BCUT2D eigenvalue weighted by Gasteiger charge is -2.15. The predicted octanol–water partition coefficient (Wildman–Crippen LogP) is 1.08. The molecule has 0 saturated heterocycles. The summed E-state index contributed by atoms with van der Waals surface area (Å²) in [4.78, 5) is 36.2. The number of imidazole rings is 1. The summed E-state index contributed by atoms with van der Waals surface area (Å²) in [7, 11) is 0. The molecule has 0 spiro atoms. The van der Waals surface area contributed by atoms with E-state index in [-0.39, 0.29) is 52.6 Å². The van der Waals surface area contributed by atoms with Crippen LogP contribution < -0.4 is 11.5 Å². The van der Waals surface area contributed by atoms with Crippen molar-refractivity contribution in [1.82, 2.24) is 19.5 Å². The first-order valence-electron chi connectivity index (χ1n) is 6.63. The third-order valence-corrected chi connectivity index (χ3v) is 3.03. The standard InChI is InChI=1S/C13H18N6O2/c1-5(2)8(20)11-16-7-9(14)19(12(21)6(3)4)13(15)18-10(7)17-11/h5-6H,14H2,1-4H3,(H2,15,16,17,18). The molecule has 2 rings (SSSR count). The largest absolute Gasteiger partial charge is 0.383 e. The first-order valence-corrected chi connectivity index (χ1v) is 6.63. The van der Waals surface area contributed by atoms with Crippen LogP contribution >= 0.6 is 0 Å². The summed E-state index contributed by atoms with van der Waals surface area (Å²) in [6, 6.07) is 0. The van der Waals surface area contributed by atoms with Gasteiger partial charge in [0, 0.05) is 11.8 Å². The fourth-order valence-corrected chi connectivity index (χ4v) is 1.83. The van der Waals surface area contributed by atoms with Gasteiger partial charge in [-0.2, -0.15) is 4.98 Å². The summed E-state index contributed by atoms with van der Waals surface area (Å²) in [5, 5.41) is 0. The van der Waals surface area contributed by atoms with Crippen LogP contribution in [0.25, 0.3) is 11.5 Å². The van der Waals surface area contributed by atoms with Crippen molar-refractivity contribution in [2.45, 2.75) is 27.7 Å². The average molecular weight is 290 g/mol. The maximum Gasteiger partial charge on any atom is 0.237 e. The Hall–Kier alpha value is -2.51. The fourth-order valence-electron chi connectivity index (χ4n) is 1.83. The van der Waals surface area contributed by atoms with E-state index in [2.05, 4.69) is 15.0 Å². The zero-order valence-electron chi connectivity index (χ0n) is 12.4. The van der Waals surface area contributed by atoms with E-state index in [9.17, 15) is 9.59 Å². The molecule has 0 saturated carbocycles. The molecule has 2 heterocycles. The number of Topliss-reactive ketones (excluding diaryl/α,β-unsaturated/α-hetero) is 1. The van der Waals surface area contributed by atoms with E-state index in [1.165, 1.54) is 0 Å². The molecule has 0 fully saturated rings. The van der Waals surface area contributed by atoms with Crippen LogP contribution in [0.2, 0.25) is 0 Å². The molecule has 2 aliphatic rings. The molecule has 112 valence electrons. The number of nitrogen functional groups attached to an aromatic ring is 2. The number of hydrogen-bond acceptors (Lipinski definition) is 7. The summed E-state index contributed by atoms with van der Waals surface area (Å²) in [6.07, 6.45) is 0. The highest BCUT2D eigenvalue weighted by Gasteiger charge is 2.27. The van der Waals surface area contributed by atoms with E-state index >= 15 is 0 Å². The number of fused-ring (bicyclic) bond motifs is 1. The van der Waals surface area contributed by atoms with Gasteiger partial charge in [0.15, 0.2) is 17.3 Å². The highest BCUT2D eigenvalue weighted by atomic mass is 16.2. The maximum atomic E-state index is 12.1. The molecule has 0 aromatic rings. The maximum absolute atomic E-state index is 12.1. The van der Waals surface area contributed by atoms with Crippen molar-refractivity contribution in [1.29, 1.82) is 0 Å². The van der Waals surface area contributed by atoms with E-state index in [1.54, 1.807) is 27.7 Å².